The van der Waals surface area contributed by atoms with E-state index in [4.69, 9.17) is 0 Å². The van der Waals surface area contributed by atoms with Gasteiger partial charge in [-0.15, -0.1) is 10.2 Å². The summed E-state index contributed by atoms with van der Waals surface area (Å²) < 4.78 is 0.748. The number of para-hydroxylation sites is 1. The molecule has 0 radical (unpaired) electrons. The van der Waals surface area contributed by atoms with Crippen LogP contribution in [-0.2, 0) is 4.79 Å². The number of nitrogens with zero attached hydrogens (tertiary/aromatic N) is 2. The molecule has 0 spiro atoms. The molecule has 1 heterocycles. The highest BCUT2D eigenvalue weighted by molar-refractivity contribution is 8.01. The van der Waals surface area contributed by atoms with Crippen LogP contribution in [0.15, 0.2) is 83.2 Å². The summed E-state index contributed by atoms with van der Waals surface area (Å²) in [7, 11) is 0. The number of carbonyl (C=O) groups excluding carboxylic acids is 1. The van der Waals surface area contributed by atoms with Crippen molar-refractivity contribution in [3.05, 3.63) is 84.4 Å². The predicted molar refractivity (Wildman–Crippen MR) is 135 cm³/mol. The average molecular weight is 461 g/mol. The maximum atomic E-state index is 12.6. The number of hydrogen-bond acceptors (Lipinski definition) is 6. The average Bonchev–Trinajstić information content (AvgIpc) is 3.26. The highest BCUT2D eigenvalue weighted by Crippen LogP contribution is 2.30. The first-order valence-electron chi connectivity index (χ1n) is 10.4. The Labute approximate surface area is 196 Å². The Balaban J connectivity index is 1.33. The molecule has 0 aliphatic carbocycles. The fourth-order valence-electron chi connectivity index (χ4n) is 3.17. The molecule has 0 saturated heterocycles. The Morgan fingerprint density at radius 2 is 1.66 bits per heavy atom. The lowest BCUT2D eigenvalue weighted by Gasteiger charge is -2.10. The van der Waals surface area contributed by atoms with Crippen LogP contribution >= 0.6 is 23.1 Å². The Kier molecular flexibility index (Phi) is 7.19. The second kappa shape index (κ2) is 10.4. The van der Waals surface area contributed by atoms with Crippen LogP contribution in [0, 0.1) is 0 Å². The molecule has 32 heavy (non-hydrogen) atoms. The summed E-state index contributed by atoms with van der Waals surface area (Å²) in [5, 5.41) is 15.4. The fourth-order valence-corrected chi connectivity index (χ4v) is 4.74. The highest BCUT2D eigenvalue weighted by atomic mass is 32.2. The molecule has 0 atom stereocenters. The number of aromatic nitrogens is 2. The predicted octanol–water partition coefficient (Wildman–Crippen LogP) is 6.80. The quantitative estimate of drug-likeness (QED) is 0.283. The van der Waals surface area contributed by atoms with Crippen LogP contribution in [0.1, 0.15) is 25.3 Å². The van der Waals surface area contributed by atoms with Gasteiger partial charge in [0.2, 0.25) is 11.0 Å². The zero-order chi connectivity index (χ0) is 22.3. The Hall–Kier alpha value is -3.16. The molecule has 5 nitrogen and oxygen atoms in total. The molecule has 0 unspecified atom stereocenters. The van der Waals surface area contributed by atoms with Crippen molar-refractivity contribution in [1.82, 2.24) is 10.2 Å². The number of anilines is 3. The standard InChI is InChI=1S/C25H24N4OS2/c1-17(2)18-12-14-20(15-13-18)26-24-28-29-25(32-24)31-16-23(30)27-22-11-7-6-10-21(22)19-8-4-3-5-9-19/h3-15,17H,16H2,1-2H3,(H,26,28)(H,27,30). The second-order valence-corrected chi connectivity index (χ2v) is 9.72. The van der Waals surface area contributed by atoms with E-state index in [9.17, 15) is 4.79 Å². The van der Waals surface area contributed by atoms with Crippen molar-refractivity contribution in [2.45, 2.75) is 24.1 Å². The van der Waals surface area contributed by atoms with E-state index in [-0.39, 0.29) is 11.7 Å². The van der Waals surface area contributed by atoms with Gasteiger partial charge in [-0.2, -0.15) is 0 Å². The van der Waals surface area contributed by atoms with Crippen molar-refractivity contribution in [2.75, 3.05) is 16.4 Å². The molecule has 0 aliphatic rings. The van der Waals surface area contributed by atoms with Gasteiger partial charge in [-0.05, 0) is 35.2 Å². The summed E-state index contributed by atoms with van der Waals surface area (Å²) in [4.78, 5) is 12.6. The summed E-state index contributed by atoms with van der Waals surface area (Å²) >= 11 is 2.82. The van der Waals surface area contributed by atoms with Gasteiger partial charge in [0.05, 0.1) is 5.75 Å². The zero-order valence-electron chi connectivity index (χ0n) is 17.9. The minimum Gasteiger partial charge on any atom is -0.330 e. The van der Waals surface area contributed by atoms with Crippen LogP contribution in [-0.4, -0.2) is 21.9 Å². The van der Waals surface area contributed by atoms with Gasteiger partial charge in [-0.25, -0.2) is 0 Å². The monoisotopic (exact) mass is 460 g/mol. The molecule has 162 valence electrons. The number of amides is 1. The molecule has 0 saturated carbocycles. The number of hydrogen-bond donors (Lipinski definition) is 2. The number of nitrogens with one attached hydrogen (secondary N) is 2. The molecular weight excluding hydrogens is 436 g/mol. The van der Waals surface area contributed by atoms with Crippen LogP contribution < -0.4 is 10.6 Å². The fraction of sp³-hybridized carbons (Fsp3) is 0.160. The normalized spacial score (nSPS) is 10.8. The van der Waals surface area contributed by atoms with Crippen molar-refractivity contribution < 1.29 is 4.79 Å². The molecule has 1 amide bonds. The van der Waals surface area contributed by atoms with E-state index < -0.39 is 0 Å². The van der Waals surface area contributed by atoms with Crippen molar-refractivity contribution in [2.24, 2.45) is 0 Å². The lowest BCUT2D eigenvalue weighted by Crippen LogP contribution is -2.14. The molecule has 4 aromatic rings. The third-order valence-corrected chi connectivity index (χ3v) is 6.82. The van der Waals surface area contributed by atoms with E-state index in [0.29, 0.717) is 11.0 Å². The highest BCUT2D eigenvalue weighted by Gasteiger charge is 2.11. The molecule has 2 N–H and O–H groups in total. The molecule has 7 heteroatoms. The van der Waals surface area contributed by atoms with E-state index in [2.05, 4.69) is 46.8 Å². The zero-order valence-corrected chi connectivity index (χ0v) is 19.5. The van der Waals surface area contributed by atoms with Crippen molar-refractivity contribution >= 4 is 45.5 Å². The first-order chi connectivity index (χ1) is 15.6. The summed E-state index contributed by atoms with van der Waals surface area (Å²) in [5.74, 6) is 0.688. The third kappa shape index (κ3) is 5.75. The summed E-state index contributed by atoms with van der Waals surface area (Å²) in [5.41, 5.74) is 5.13. The first-order valence-corrected chi connectivity index (χ1v) is 12.2. The molecule has 4 rings (SSSR count). The van der Waals surface area contributed by atoms with Gasteiger partial charge in [-0.1, -0.05) is 97.6 Å². The van der Waals surface area contributed by atoms with Crippen molar-refractivity contribution in [1.29, 1.82) is 0 Å². The lowest BCUT2D eigenvalue weighted by atomic mass is 10.0. The first kappa shape index (κ1) is 22.0. The van der Waals surface area contributed by atoms with Crippen molar-refractivity contribution in [3.8, 4) is 11.1 Å². The van der Waals surface area contributed by atoms with Crippen LogP contribution in [0.2, 0.25) is 0 Å². The molecule has 0 aliphatic heterocycles. The number of thioether (sulfide) groups is 1. The molecule has 3 aromatic carbocycles. The maximum Gasteiger partial charge on any atom is 0.234 e. The summed E-state index contributed by atoms with van der Waals surface area (Å²) in [6, 6.07) is 26.2. The largest absolute Gasteiger partial charge is 0.330 e. The smallest absolute Gasteiger partial charge is 0.234 e. The van der Waals surface area contributed by atoms with Gasteiger partial charge in [0.25, 0.3) is 0 Å². The Morgan fingerprint density at radius 1 is 0.938 bits per heavy atom. The van der Waals surface area contributed by atoms with Gasteiger partial charge in [0, 0.05) is 16.9 Å². The maximum absolute atomic E-state index is 12.6. The molecule has 0 fully saturated rings. The number of rotatable bonds is 8. The number of benzene rings is 3. The van der Waals surface area contributed by atoms with Gasteiger partial charge in [-0.3, -0.25) is 4.79 Å². The molecule has 0 bridgehead atoms. The van der Waals surface area contributed by atoms with Gasteiger partial charge in [0.15, 0.2) is 4.34 Å². The third-order valence-electron chi connectivity index (χ3n) is 4.85. The van der Waals surface area contributed by atoms with Gasteiger partial charge >= 0.3 is 0 Å². The van der Waals surface area contributed by atoms with Crippen LogP contribution in [0.4, 0.5) is 16.5 Å². The summed E-state index contributed by atoms with van der Waals surface area (Å²) in [6.45, 7) is 4.35. The number of carbonyl (C=O) groups is 1. The van der Waals surface area contributed by atoms with Gasteiger partial charge in [0.1, 0.15) is 0 Å². The molecular formula is C25H24N4OS2. The summed E-state index contributed by atoms with van der Waals surface area (Å²) in [6.07, 6.45) is 0. The topological polar surface area (TPSA) is 66.9 Å². The van der Waals surface area contributed by atoms with E-state index in [1.165, 1.54) is 28.7 Å². The van der Waals surface area contributed by atoms with E-state index >= 15 is 0 Å². The SMILES string of the molecule is CC(C)c1ccc(Nc2nnc(SCC(=O)Nc3ccccc3-c3ccccc3)s2)cc1. The Bertz CT molecular complexity index is 1170. The molecule has 1 aromatic heterocycles. The minimum atomic E-state index is -0.0765. The van der Waals surface area contributed by atoms with Crippen LogP contribution in [0.3, 0.4) is 0 Å². The van der Waals surface area contributed by atoms with Crippen LogP contribution in [0.5, 0.6) is 0 Å². The van der Waals surface area contributed by atoms with E-state index in [1.54, 1.807) is 0 Å². The van der Waals surface area contributed by atoms with Gasteiger partial charge < -0.3 is 10.6 Å². The Morgan fingerprint density at radius 3 is 2.41 bits per heavy atom. The second-order valence-electron chi connectivity index (χ2n) is 7.52. The van der Waals surface area contributed by atoms with Crippen LogP contribution in [0.25, 0.3) is 11.1 Å². The van der Waals surface area contributed by atoms with E-state index in [1.807, 2.05) is 66.7 Å². The minimum absolute atomic E-state index is 0.0765. The van der Waals surface area contributed by atoms with E-state index in [0.717, 1.165) is 26.8 Å². The lowest BCUT2D eigenvalue weighted by molar-refractivity contribution is -0.113. The van der Waals surface area contributed by atoms with Crippen molar-refractivity contribution in [3.63, 3.8) is 0 Å².